The van der Waals surface area contributed by atoms with Gasteiger partial charge in [-0.25, -0.2) is 8.42 Å². The Hall–Kier alpha value is -2.52. The Bertz CT molecular complexity index is 1570. The van der Waals surface area contributed by atoms with E-state index in [0.29, 0.717) is 42.0 Å². The molecule has 0 aromatic heterocycles. The van der Waals surface area contributed by atoms with E-state index in [-0.39, 0.29) is 16.9 Å². The van der Waals surface area contributed by atoms with Gasteiger partial charge in [-0.3, -0.25) is 4.31 Å². The maximum Gasteiger partial charge on any atom is 0.430 e. The second-order valence-electron chi connectivity index (χ2n) is 14.7. The first kappa shape index (κ1) is 38.2. The number of nitrogens with zero attached hydrogens (tertiary/aromatic N) is 1. The fraction of sp³-hybridized carbons (Fsp3) is 0.667. The van der Waals surface area contributed by atoms with Gasteiger partial charge in [0, 0.05) is 18.2 Å². The molecule has 284 valence electrons. The van der Waals surface area contributed by atoms with Crippen LogP contribution in [0.15, 0.2) is 59.5 Å². The van der Waals surface area contributed by atoms with Crippen molar-refractivity contribution in [3.05, 3.63) is 60.2 Å². The third-order valence-corrected chi connectivity index (χ3v) is 13.8. The summed E-state index contributed by atoms with van der Waals surface area (Å²) >= 11 is 0. The summed E-state index contributed by atoms with van der Waals surface area (Å²) in [5, 5.41) is 3.13. The average Bonchev–Trinajstić information content (AvgIpc) is 3.56. The molecule has 0 radical (unpaired) electrons. The lowest BCUT2D eigenvalue weighted by atomic mass is 9.53. The SMILES string of the molecule is O=S(=O)(c1ccccc1)N(CC(F)(F)F)c1ccc(C(OCCNC2CCC3C(CCC4C5CCCC5CCC34)C2)(C(F)(F)F)C(F)(F)F)cc1. The van der Waals surface area contributed by atoms with E-state index < -0.39 is 63.5 Å². The highest BCUT2D eigenvalue weighted by Gasteiger charge is 2.73. The molecule has 4 fully saturated rings. The number of hydrogen-bond donors (Lipinski definition) is 1. The van der Waals surface area contributed by atoms with E-state index in [1.165, 1.54) is 56.7 Å². The first-order chi connectivity index (χ1) is 23.9. The van der Waals surface area contributed by atoms with E-state index in [1.807, 2.05) is 0 Å². The van der Waals surface area contributed by atoms with Crippen molar-refractivity contribution in [1.29, 1.82) is 0 Å². The Morgan fingerprint density at radius 3 is 1.88 bits per heavy atom. The number of benzene rings is 2. The van der Waals surface area contributed by atoms with Crippen LogP contribution in [0, 0.1) is 35.5 Å². The average molecular weight is 755 g/mol. The normalized spacial score (nSPS) is 28.8. The number of hydrogen-bond acceptors (Lipinski definition) is 4. The van der Waals surface area contributed by atoms with Crippen LogP contribution in [-0.2, 0) is 20.4 Å². The van der Waals surface area contributed by atoms with Crippen molar-refractivity contribution in [2.75, 3.05) is 24.0 Å². The quantitative estimate of drug-likeness (QED) is 0.194. The van der Waals surface area contributed by atoms with Crippen LogP contribution < -0.4 is 9.62 Å². The van der Waals surface area contributed by atoms with Gasteiger partial charge in [0.25, 0.3) is 15.6 Å². The Kier molecular flexibility index (Phi) is 10.8. The Morgan fingerprint density at radius 2 is 1.27 bits per heavy atom. The number of alkyl halides is 9. The molecule has 51 heavy (non-hydrogen) atoms. The molecule has 0 aliphatic heterocycles. The molecule has 4 aliphatic carbocycles. The summed E-state index contributed by atoms with van der Waals surface area (Å²) in [6.45, 7) is -3.30. The summed E-state index contributed by atoms with van der Waals surface area (Å²) in [6, 6.07) is 7.49. The van der Waals surface area contributed by atoms with Gasteiger partial charge in [-0.15, -0.1) is 0 Å². The molecule has 0 heterocycles. The van der Waals surface area contributed by atoms with Crippen LogP contribution in [0.2, 0.25) is 0 Å². The minimum absolute atomic E-state index is 0.0640. The maximum absolute atomic E-state index is 14.5. The van der Waals surface area contributed by atoms with Gasteiger partial charge < -0.3 is 10.1 Å². The molecule has 1 N–H and O–H groups in total. The zero-order valence-corrected chi connectivity index (χ0v) is 28.7. The van der Waals surface area contributed by atoms with Gasteiger partial charge in [-0.1, -0.05) is 43.2 Å². The number of ether oxygens (including phenoxy) is 1. The molecule has 15 heteroatoms. The number of halogens is 9. The smallest absolute Gasteiger partial charge is 0.353 e. The molecule has 0 amide bonds. The largest absolute Gasteiger partial charge is 0.430 e. The van der Waals surface area contributed by atoms with Crippen molar-refractivity contribution >= 4 is 15.7 Å². The highest BCUT2D eigenvalue weighted by atomic mass is 32.2. The van der Waals surface area contributed by atoms with Crippen molar-refractivity contribution in [2.45, 2.75) is 99.3 Å². The van der Waals surface area contributed by atoms with Gasteiger partial charge in [-0.05, 0) is 111 Å². The van der Waals surface area contributed by atoms with Crippen LogP contribution in [-0.4, -0.2) is 52.7 Å². The zero-order chi connectivity index (χ0) is 36.8. The maximum atomic E-state index is 14.5. The van der Waals surface area contributed by atoms with Crippen LogP contribution in [0.1, 0.15) is 69.8 Å². The highest BCUT2D eigenvalue weighted by molar-refractivity contribution is 7.92. The van der Waals surface area contributed by atoms with Crippen molar-refractivity contribution in [3.8, 4) is 0 Å². The molecular weight excluding hydrogens is 711 g/mol. The van der Waals surface area contributed by atoms with E-state index in [1.54, 1.807) is 0 Å². The number of fused-ring (bicyclic) bond motifs is 5. The lowest BCUT2D eigenvalue weighted by Crippen LogP contribution is -2.56. The second kappa shape index (κ2) is 14.4. The summed E-state index contributed by atoms with van der Waals surface area (Å²) in [7, 11) is -4.91. The third kappa shape index (κ3) is 7.63. The Labute approximate surface area is 292 Å². The van der Waals surface area contributed by atoms with Gasteiger partial charge >= 0.3 is 18.5 Å². The molecule has 2 aromatic rings. The Morgan fingerprint density at radius 1 is 0.686 bits per heavy atom. The summed E-state index contributed by atoms with van der Waals surface area (Å²) < 4.78 is 158. The fourth-order valence-electron chi connectivity index (χ4n) is 9.92. The molecular formula is C36H43F9N2O3S. The predicted octanol–water partition coefficient (Wildman–Crippen LogP) is 9.39. The molecule has 7 unspecified atom stereocenters. The lowest BCUT2D eigenvalue weighted by molar-refractivity contribution is -0.389. The molecule has 5 nitrogen and oxygen atoms in total. The summed E-state index contributed by atoms with van der Waals surface area (Å²) in [6.07, 6.45) is -5.77. The standard InChI is InChI=1S/C36H43F9N2O3S/c37-33(38,39)22-47(51(48,49)28-6-2-1-3-7-28)27-14-11-25(12-15-27)34(35(40,41)42,36(43,44)45)50-20-19-46-26-13-18-30-24(21-26)10-17-31-29-8-4-5-23(29)9-16-32(30)31/h1-3,6-7,11-12,14-15,23-24,26,29-32,46H,4-5,8-10,13,16-22H2. The van der Waals surface area contributed by atoms with Gasteiger partial charge in [0.15, 0.2) is 0 Å². The number of anilines is 1. The van der Waals surface area contributed by atoms with Crippen LogP contribution in [0.25, 0.3) is 0 Å². The van der Waals surface area contributed by atoms with Gasteiger partial charge in [0.2, 0.25) is 0 Å². The minimum Gasteiger partial charge on any atom is -0.353 e. The monoisotopic (exact) mass is 754 g/mol. The summed E-state index contributed by atoms with van der Waals surface area (Å²) in [5.41, 5.74) is -7.03. The first-order valence-electron chi connectivity index (χ1n) is 17.7. The van der Waals surface area contributed by atoms with E-state index in [4.69, 9.17) is 4.74 Å². The molecule has 2 aromatic carbocycles. The number of nitrogens with one attached hydrogen (secondary N) is 1. The third-order valence-electron chi connectivity index (χ3n) is 12.0. The van der Waals surface area contributed by atoms with Crippen LogP contribution in [0.5, 0.6) is 0 Å². The first-order valence-corrected chi connectivity index (χ1v) is 19.1. The van der Waals surface area contributed by atoms with Crippen LogP contribution >= 0.6 is 0 Å². The van der Waals surface area contributed by atoms with Gasteiger partial charge in [0.05, 0.1) is 17.2 Å². The number of sulfonamides is 1. The van der Waals surface area contributed by atoms with Crippen molar-refractivity contribution in [3.63, 3.8) is 0 Å². The van der Waals surface area contributed by atoms with E-state index in [9.17, 15) is 47.9 Å². The van der Waals surface area contributed by atoms with Gasteiger partial charge in [0.1, 0.15) is 6.54 Å². The van der Waals surface area contributed by atoms with Crippen LogP contribution in [0.4, 0.5) is 45.2 Å². The second-order valence-corrected chi connectivity index (χ2v) is 16.6. The lowest BCUT2D eigenvalue weighted by Gasteiger charge is -2.53. The summed E-state index contributed by atoms with van der Waals surface area (Å²) in [4.78, 5) is -0.550. The van der Waals surface area contributed by atoms with E-state index in [2.05, 4.69) is 5.32 Å². The Balaban J connectivity index is 1.15. The molecule has 4 saturated carbocycles. The van der Waals surface area contributed by atoms with Crippen LogP contribution in [0.3, 0.4) is 0 Å². The van der Waals surface area contributed by atoms with Gasteiger partial charge in [-0.2, -0.15) is 39.5 Å². The van der Waals surface area contributed by atoms with E-state index >= 15 is 0 Å². The molecule has 0 spiro atoms. The van der Waals surface area contributed by atoms with Crippen molar-refractivity contribution in [2.24, 2.45) is 35.5 Å². The topological polar surface area (TPSA) is 58.6 Å². The highest BCUT2D eigenvalue weighted by Crippen LogP contribution is 2.58. The molecule has 0 bridgehead atoms. The van der Waals surface area contributed by atoms with Crippen molar-refractivity contribution < 1.29 is 52.7 Å². The summed E-state index contributed by atoms with van der Waals surface area (Å²) in [5.74, 6) is 4.26. The molecule has 0 saturated heterocycles. The minimum atomic E-state index is -6.02. The van der Waals surface area contributed by atoms with Crippen molar-refractivity contribution in [1.82, 2.24) is 5.32 Å². The zero-order valence-electron chi connectivity index (χ0n) is 27.9. The van der Waals surface area contributed by atoms with E-state index in [0.717, 1.165) is 55.6 Å². The number of rotatable bonds is 10. The fourth-order valence-corrected chi connectivity index (χ4v) is 11.4. The molecule has 7 atom stereocenters. The predicted molar refractivity (Wildman–Crippen MR) is 172 cm³/mol. The molecule has 4 aliphatic rings. The molecule has 6 rings (SSSR count).